The fourth-order valence-electron chi connectivity index (χ4n) is 3.09. The standard InChI is InChI=1S/C19H25N3O5/c1-5-27-16(24)13-6-8-14(9-7-13)20-15(23)11-22-17(25)19(4,10-12(2)3)21-18(22)26/h6-9,12H,5,10-11H2,1-4H3,(H,20,23)(H,21,26). The SMILES string of the molecule is CCOC(=O)c1ccc(NC(=O)CN2C(=O)NC(C)(CC(C)C)C2=O)cc1. The van der Waals surface area contributed by atoms with Gasteiger partial charge in [-0.05, 0) is 50.5 Å². The van der Waals surface area contributed by atoms with E-state index in [0.717, 1.165) is 4.90 Å². The molecule has 4 amide bonds. The van der Waals surface area contributed by atoms with Crippen LogP contribution in [0.15, 0.2) is 24.3 Å². The van der Waals surface area contributed by atoms with Crippen molar-refractivity contribution in [1.29, 1.82) is 0 Å². The number of nitrogens with zero attached hydrogens (tertiary/aromatic N) is 1. The van der Waals surface area contributed by atoms with Crippen LogP contribution in [0.2, 0.25) is 0 Å². The van der Waals surface area contributed by atoms with E-state index in [1.165, 1.54) is 12.1 Å². The highest BCUT2D eigenvalue weighted by Crippen LogP contribution is 2.24. The number of hydrogen-bond acceptors (Lipinski definition) is 5. The van der Waals surface area contributed by atoms with Gasteiger partial charge in [0.2, 0.25) is 5.91 Å². The summed E-state index contributed by atoms with van der Waals surface area (Å²) in [5.41, 5.74) is -0.175. The van der Waals surface area contributed by atoms with E-state index in [9.17, 15) is 19.2 Å². The predicted octanol–water partition coefficient (Wildman–Crippen LogP) is 2.16. The summed E-state index contributed by atoms with van der Waals surface area (Å²) in [6.45, 7) is 7.20. The molecule has 2 N–H and O–H groups in total. The van der Waals surface area contributed by atoms with Crippen molar-refractivity contribution in [2.75, 3.05) is 18.5 Å². The molecule has 8 heteroatoms. The van der Waals surface area contributed by atoms with E-state index in [1.54, 1.807) is 26.0 Å². The molecule has 146 valence electrons. The second-order valence-electron chi connectivity index (χ2n) is 7.10. The van der Waals surface area contributed by atoms with Crippen molar-refractivity contribution in [2.24, 2.45) is 5.92 Å². The minimum Gasteiger partial charge on any atom is -0.462 e. The lowest BCUT2D eigenvalue weighted by Gasteiger charge is -2.23. The van der Waals surface area contributed by atoms with Crippen molar-refractivity contribution in [2.45, 2.75) is 39.7 Å². The number of anilines is 1. The minimum absolute atomic E-state index is 0.214. The number of benzene rings is 1. The van der Waals surface area contributed by atoms with Gasteiger partial charge in [0.05, 0.1) is 12.2 Å². The Balaban J connectivity index is 1.98. The third-order valence-electron chi connectivity index (χ3n) is 4.14. The summed E-state index contributed by atoms with van der Waals surface area (Å²) >= 11 is 0. The molecule has 1 unspecified atom stereocenters. The highest BCUT2D eigenvalue weighted by atomic mass is 16.5. The largest absolute Gasteiger partial charge is 0.462 e. The zero-order valence-electron chi connectivity index (χ0n) is 16.0. The van der Waals surface area contributed by atoms with Crippen LogP contribution in [0.4, 0.5) is 10.5 Å². The first-order valence-corrected chi connectivity index (χ1v) is 8.87. The number of ether oxygens (including phenoxy) is 1. The van der Waals surface area contributed by atoms with Gasteiger partial charge in [0, 0.05) is 5.69 Å². The molecule has 0 bridgehead atoms. The molecule has 1 atom stereocenters. The smallest absolute Gasteiger partial charge is 0.338 e. The van der Waals surface area contributed by atoms with E-state index in [-0.39, 0.29) is 19.1 Å². The molecule has 0 aromatic heterocycles. The van der Waals surface area contributed by atoms with Gasteiger partial charge in [0.25, 0.3) is 5.91 Å². The van der Waals surface area contributed by atoms with Gasteiger partial charge in [0.1, 0.15) is 12.1 Å². The highest BCUT2D eigenvalue weighted by Gasteiger charge is 2.48. The summed E-state index contributed by atoms with van der Waals surface area (Å²) in [5, 5.41) is 5.28. The third-order valence-corrected chi connectivity index (χ3v) is 4.14. The molecule has 2 rings (SSSR count). The average Bonchev–Trinajstić information content (AvgIpc) is 2.78. The molecule has 1 aliphatic heterocycles. The van der Waals surface area contributed by atoms with Crippen LogP contribution in [0.3, 0.4) is 0 Å². The fraction of sp³-hybridized carbons (Fsp3) is 0.474. The van der Waals surface area contributed by atoms with Crippen LogP contribution < -0.4 is 10.6 Å². The molecule has 1 saturated heterocycles. The Morgan fingerprint density at radius 3 is 2.41 bits per heavy atom. The number of nitrogens with one attached hydrogen (secondary N) is 2. The number of carbonyl (C=O) groups excluding carboxylic acids is 4. The van der Waals surface area contributed by atoms with Crippen molar-refractivity contribution < 1.29 is 23.9 Å². The molecule has 27 heavy (non-hydrogen) atoms. The Hall–Kier alpha value is -2.90. The molecule has 0 radical (unpaired) electrons. The number of rotatable bonds is 7. The summed E-state index contributed by atoms with van der Waals surface area (Å²) < 4.78 is 4.89. The van der Waals surface area contributed by atoms with E-state index < -0.39 is 29.4 Å². The van der Waals surface area contributed by atoms with Crippen molar-refractivity contribution >= 4 is 29.5 Å². The number of urea groups is 1. The van der Waals surface area contributed by atoms with Gasteiger partial charge in [0.15, 0.2) is 0 Å². The van der Waals surface area contributed by atoms with Crippen LogP contribution in [0, 0.1) is 5.92 Å². The second-order valence-corrected chi connectivity index (χ2v) is 7.10. The molecule has 0 aliphatic carbocycles. The number of amides is 4. The molecule has 1 aliphatic rings. The lowest BCUT2D eigenvalue weighted by molar-refractivity contribution is -0.133. The third kappa shape index (κ3) is 4.84. The van der Waals surface area contributed by atoms with E-state index >= 15 is 0 Å². The van der Waals surface area contributed by atoms with Gasteiger partial charge in [-0.25, -0.2) is 9.59 Å². The second kappa shape index (κ2) is 8.20. The van der Waals surface area contributed by atoms with Crippen LogP contribution in [0.1, 0.15) is 44.5 Å². The first-order valence-electron chi connectivity index (χ1n) is 8.87. The van der Waals surface area contributed by atoms with Gasteiger partial charge in [-0.2, -0.15) is 0 Å². The van der Waals surface area contributed by atoms with E-state index in [2.05, 4.69) is 10.6 Å². The highest BCUT2D eigenvalue weighted by molar-refractivity contribution is 6.10. The lowest BCUT2D eigenvalue weighted by atomic mass is 9.91. The monoisotopic (exact) mass is 375 g/mol. The predicted molar refractivity (Wildman–Crippen MR) is 99.1 cm³/mol. The van der Waals surface area contributed by atoms with E-state index in [4.69, 9.17) is 4.74 Å². The average molecular weight is 375 g/mol. The van der Waals surface area contributed by atoms with E-state index in [0.29, 0.717) is 17.7 Å². The van der Waals surface area contributed by atoms with E-state index in [1.807, 2.05) is 13.8 Å². The van der Waals surface area contributed by atoms with Gasteiger partial charge >= 0.3 is 12.0 Å². The molecular weight excluding hydrogens is 350 g/mol. The maximum Gasteiger partial charge on any atom is 0.338 e. The quantitative estimate of drug-likeness (QED) is 0.561. The Morgan fingerprint density at radius 2 is 1.85 bits per heavy atom. The van der Waals surface area contributed by atoms with Crippen LogP contribution in [-0.2, 0) is 14.3 Å². The topological polar surface area (TPSA) is 105 Å². The lowest BCUT2D eigenvalue weighted by Crippen LogP contribution is -2.45. The maximum absolute atomic E-state index is 12.6. The molecule has 1 fully saturated rings. The fourth-order valence-corrected chi connectivity index (χ4v) is 3.09. The summed E-state index contributed by atoms with van der Waals surface area (Å²) in [6, 6.07) is 5.59. The minimum atomic E-state index is -0.993. The summed E-state index contributed by atoms with van der Waals surface area (Å²) in [4.78, 5) is 49.4. The summed E-state index contributed by atoms with van der Waals surface area (Å²) in [7, 11) is 0. The molecular formula is C19H25N3O5. The number of carbonyl (C=O) groups is 4. The first-order chi connectivity index (χ1) is 12.7. The van der Waals surface area contributed by atoms with Gasteiger partial charge in [-0.1, -0.05) is 13.8 Å². The molecule has 0 saturated carbocycles. The van der Waals surface area contributed by atoms with Crippen LogP contribution in [0.5, 0.6) is 0 Å². The number of imide groups is 1. The van der Waals surface area contributed by atoms with Crippen molar-refractivity contribution in [1.82, 2.24) is 10.2 Å². The van der Waals surface area contributed by atoms with Gasteiger partial charge in [-0.3, -0.25) is 14.5 Å². The summed E-state index contributed by atoms with van der Waals surface area (Å²) in [6.07, 6.45) is 0.491. The Morgan fingerprint density at radius 1 is 1.22 bits per heavy atom. The maximum atomic E-state index is 12.6. The zero-order valence-corrected chi connectivity index (χ0v) is 16.0. The summed E-state index contributed by atoms with van der Waals surface area (Å²) in [5.74, 6) is -1.14. The Labute approximate surface area is 158 Å². The Bertz CT molecular complexity index is 744. The number of esters is 1. The van der Waals surface area contributed by atoms with Gasteiger partial charge in [-0.15, -0.1) is 0 Å². The van der Waals surface area contributed by atoms with Crippen LogP contribution >= 0.6 is 0 Å². The molecule has 1 heterocycles. The first kappa shape index (κ1) is 20.4. The van der Waals surface area contributed by atoms with Crippen LogP contribution in [-0.4, -0.2) is 47.4 Å². The number of hydrogen-bond donors (Lipinski definition) is 2. The molecule has 0 spiro atoms. The molecule has 1 aromatic rings. The zero-order chi connectivity index (χ0) is 20.2. The van der Waals surface area contributed by atoms with Crippen LogP contribution in [0.25, 0.3) is 0 Å². The van der Waals surface area contributed by atoms with Crippen molar-refractivity contribution in [3.63, 3.8) is 0 Å². The van der Waals surface area contributed by atoms with Crippen molar-refractivity contribution in [3.05, 3.63) is 29.8 Å². The molecule has 8 nitrogen and oxygen atoms in total. The van der Waals surface area contributed by atoms with Crippen molar-refractivity contribution in [3.8, 4) is 0 Å². The van der Waals surface area contributed by atoms with Gasteiger partial charge < -0.3 is 15.4 Å². The Kier molecular flexibility index (Phi) is 6.20. The normalized spacial score (nSPS) is 19.2. The molecule has 1 aromatic carbocycles.